The molecule has 1 fully saturated rings. The van der Waals surface area contributed by atoms with Crippen LogP contribution >= 0.6 is 0 Å². The van der Waals surface area contributed by atoms with Gasteiger partial charge in [0.05, 0.1) is 10.6 Å². The topological polar surface area (TPSA) is 88.4 Å². The van der Waals surface area contributed by atoms with Gasteiger partial charge in [0.25, 0.3) is 5.91 Å². The quantitative estimate of drug-likeness (QED) is 0.610. The molecule has 2 aromatic carbocycles. The summed E-state index contributed by atoms with van der Waals surface area (Å²) in [5.74, 6) is 0.236. The summed E-state index contributed by atoms with van der Waals surface area (Å²) in [4.78, 5) is 18.7. The van der Waals surface area contributed by atoms with Gasteiger partial charge in [0.2, 0.25) is 10.0 Å². The normalized spacial score (nSPS) is 15.4. The number of carbonyl (C=O) groups is 1. The molecule has 0 spiro atoms. The van der Waals surface area contributed by atoms with Crippen LogP contribution in [-0.2, 0) is 10.0 Å². The molecular formula is C22H25N5O3S. The number of nitrogens with zero attached hydrogens (tertiary/aromatic N) is 5. The molecule has 1 aliphatic rings. The van der Waals surface area contributed by atoms with E-state index in [0.717, 1.165) is 11.3 Å². The molecule has 0 atom stereocenters. The number of hydrogen-bond donors (Lipinski definition) is 0. The lowest BCUT2D eigenvalue weighted by Gasteiger charge is -2.34. The van der Waals surface area contributed by atoms with Crippen molar-refractivity contribution in [3.8, 4) is 5.69 Å². The molecule has 0 saturated carbocycles. The molecule has 0 N–H and O–H groups in total. The predicted molar refractivity (Wildman–Crippen MR) is 117 cm³/mol. The molecule has 162 valence electrons. The number of hydrogen-bond acceptors (Lipinski definition) is 5. The molecule has 31 heavy (non-hydrogen) atoms. The smallest absolute Gasteiger partial charge is 0.253 e. The minimum absolute atomic E-state index is 0.108. The van der Waals surface area contributed by atoms with E-state index in [0.29, 0.717) is 29.5 Å². The van der Waals surface area contributed by atoms with E-state index in [4.69, 9.17) is 0 Å². The lowest BCUT2D eigenvalue weighted by molar-refractivity contribution is 0.0698. The maximum absolute atomic E-state index is 13.0. The van der Waals surface area contributed by atoms with E-state index >= 15 is 0 Å². The van der Waals surface area contributed by atoms with Crippen LogP contribution in [0.15, 0.2) is 66.1 Å². The zero-order valence-electron chi connectivity index (χ0n) is 17.5. The van der Waals surface area contributed by atoms with Crippen LogP contribution in [-0.4, -0.2) is 64.5 Å². The van der Waals surface area contributed by atoms with Crippen molar-refractivity contribution >= 4 is 15.9 Å². The summed E-state index contributed by atoms with van der Waals surface area (Å²) in [6, 6.07) is 14.2. The second-order valence-corrected chi connectivity index (χ2v) is 9.74. The SMILES string of the molecule is CC(C)c1ccc(S(=O)(=O)N2CCN(C(=O)c3ccc(-n4cncn4)cc3)CC2)cc1. The van der Waals surface area contributed by atoms with Crippen molar-refractivity contribution in [2.24, 2.45) is 0 Å². The molecule has 0 aliphatic carbocycles. The summed E-state index contributed by atoms with van der Waals surface area (Å²) in [5.41, 5.74) is 2.47. The zero-order valence-corrected chi connectivity index (χ0v) is 18.4. The minimum Gasteiger partial charge on any atom is -0.336 e. The van der Waals surface area contributed by atoms with Gasteiger partial charge in [0.15, 0.2) is 0 Å². The Hall–Kier alpha value is -3.04. The molecular weight excluding hydrogens is 414 g/mol. The van der Waals surface area contributed by atoms with E-state index < -0.39 is 10.0 Å². The van der Waals surface area contributed by atoms with Gasteiger partial charge >= 0.3 is 0 Å². The number of sulfonamides is 1. The van der Waals surface area contributed by atoms with E-state index in [2.05, 4.69) is 23.9 Å². The van der Waals surface area contributed by atoms with Crippen LogP contribution in [0, 0.1) is 0 Å². The maximum atomic E-state index is 13.0. The molecule has 8 nitrogen and oxygen atoms in total. The third-order valence-corrected chi connectivity index (χ3v) is 7.42. The van der Waals surface area contributed by atoms with E-state index in [1.54, 1.807) is 40.2 Å². The van der Waals surface area contributed by atoms with Crippen LogP contribution in [0.5, 0.6) is 0 Å². The fourth-order valence-corrected chi connectivity index (χ4v) is 5.01. The van der Waals surface area contributed by atoms with E-state index in [9.17, 15) is 13.2 Å². The van der Waals surface area contributed by atoms with Crippen LogP contribution in [0.25, 0.3) is 5.69 Å². The fraction of sp³-hybridized carbons (Fsp3) is 0.318. The molecule has 2 heterocycles. The second-order valence-electron chi connectivity index (χ2n) is 7.81. The standard InChI is InChI=1S/C22H25N5O3S/c1-17(2)18-5-9-21(10-6-18)31(29,30)26-13-11-25(12-14-26)22(28)19-3-7-20(8-4-19)27-16-23-15-24-27/h3-10,15-17H,11-14H2,1-2H3. The Bertz CT molecular complexity index is 1130. The van der Waals surface area contributed by atoms with Crippen molar-refractivity contribution in [3.63, 3.8) is 0 Å². The van der Waals surface area contributed by atoms with Gasteiger partial charge in [-0.25, -0.2) is 18.1 Å². The summed E-state index contributed by atoms with van der Waals surface area (Å²) < 4.78 is 29.0. The molecule has 1 aliphatic heterocycles. The third kappa shape index (κ3) is 4.38. The number of benzene rings is 2. The lowest BCUT2D eigenvalue weighted by atomic mass is 10.0. The highest BCUT2D eigenvalue weighted by Gasteiger charge is 2.30. The number of aromatic nitrogens is 3. The van der Waals surface area contributed by atoms with Gasteiger partial charge in [-0.3, -0.25) is 4.79 Å². The maximum Gasteiger partial charge on any atom is 0.253 e. The Kier molecular flexibility index (Phi) is 5.88. The van der Waals surface area contributed by atoms with Crippen molar-refractivity contribution < 1.29 is 13.2 Å². The molecule has 0 unspecified atom stereocenters. The number of rotatable bonds is 5. The zero-order chi connectivity index (χ0) is 22.0. The minimum atomic E-state index is -3.57. The Morgan fingerprint density at radius 1 is 0.935 bits per heavy atom. The molecule has 0 radical (unpaired) electrons. The van der Waals surface area contributed by atoms with Gasteiger partial charge < -0.3 is 4.90 Å². The van der Waals surface area contributed by atoms with Crippen molar-refractivity contribution in [2.45, 2.75) is 24.7 Å². The Morgan fingerprint density at radius 2 is 1.58 bits per heavy atom. The highest BCUT2D eigenvalue weighted by atomic mass is 32.2. The summed E-state index contributed by atoms with van der Waals surface area (Å²) in [6.07, 6.45) is 3.04. The average molecular weight is 440 g/mol. The van der Waals surface area contributed by atoms with Crippen molar-refractivity contribution in [1.82, 2.24) is 24.0 Å². The third-order valence-electron chi connectivity index (χ3n) is 5.51. The largest absolute Gasteiger partial charge is 0.336 e. The second kappa shape index (κ2) is 8.60. The Labute approximate surface area is 182 Å². The summed E-state index contributed by atoms with van der Waals surface area (Å²) >= 11 is 0. The number of amides is 1. The van der Waals surface area contributed by atoms with Gasteiger partial charge in [0.1, 0.15) is 12.7 Å². The van der Waals surface area contributed by atoms with E-state index in [1.165, 1.54) is 10.6 Å². The van der Waals surface area contributed by atoms with Crippen LogP contribution in [0.1, 0.15) is 35.7 Å². The van der Waals surface area contributed by atoms with Crippen LogP contribution in [0.2, 0.25) is 0 Å². The van der Waals surface area contributed by atoms with Gasteiger partial charge in [-0.15, -0.1) is 0 Å². The van der Waals surface area contributed by atoms with Crippen molar-refractivity contribution in [2.75, 3.05) is 26.2 Å². The Balaban J connectivity index is 1.40. The Morgan fingerprint density at radius 3 is 2.13 bits per heavy atom. The summed E-state index contributed by atoms with van der Waals surface area (Å²) in [7, 11) is -3.57. The number of piperazine rings is 1. The van der Waals surface area contributed by atoms with Crippen LogP contribution in [0.4, 0.5) is 0 Å². The molecule has 0 bridgehead atoms. The summed E-state index contributed by atoms with van der Waals surface area (Å²) in [5, 5.41) is 4.07. The highest BCUT2D eigenvalue weighted by Crippen LogP contribution is 2.22. The predicted octanol–water partition coefficient (Wildman–Crippen LogP) is 2.54. The molecule has 1 saturated heterocycles. The van der Waals surface area contributed by atoms with Crippen LogP contribution in [0.3, 0.4) is 0 Å². The molecule has 3 aromatic rings. The molecule has 1 aromatic heterocycles. The van der Waals surface area contributed by atoms with Gasteiger partial charge in [-0.05, 0) is 47.9 Å². The number of carbonyl (C=O) groups excluding carboxylic acids is 1. The molecule has 9 heteroatoms. The first-order valence-corrected chi connectivity index (χ1v) is 11.6. The van der Waals surface area contributed by atoms with Crippen molar-refractivity contribution in [3.05, 3.63) is 72.3 Å². The van der Waals surface area contributed by atoms with Crippen molar-refractivity contribution in [1.29, 1.82) is 0 Å². The summed E-state index contributed by atoms with van der Waals surface area (Å²) in [6.45, 7) is 5.40. The lowest BCUT2D eigenvalue weighted by Crippen LogP contribution is -2.50. The van der Waals surface area contributed by atoms with Crippen LogP contribution < -0.4 is 0 Å². The van der Waals surface area contributed by atoms with Gasteiger partial charge in [-0.2, -0.15) is 9.40 Å². The fourth-order valence-electron chi connectivity index (χ4n) is 3.59. The first kappa shape index (κ1) is 21.2. The highest BCUT2D eigenvalue weighted by molar-refractivity contribution is 7.89. The average Bonchev–Trinajstić information content (AvgIpc) is 3.34. The molecule has 1 amide bonds. The monoisotopic (exact) mass is 439 g/mol. The van der Waals surface area contributed by atoms with E-state index in [1.807, 2.05) is 24.3 Å². The van der Waals surface area contributed by atoms with Gasteiger partial charge in [-0.1, -0.05) is 26.0 Å². The first-order valence-electron chi connectivity index (χ1n) is 10.2. The van der Waals surface area contributed by atoms with Gasteiger partial charge in [0, 0.05) is 31.7 Å². The first-order chi connectivity index (χ1) is 14.9. The molecule has 4 rings (SSSR count). The van der Waals surface area contributed by atoms with E-state index in [-0.39, 0.29) is 19.0 Å².